The standard InChI is InChI=1S/C16H23ClF3N3OS/c1-3-21-13(4-6-18)22-25-16-11(19)8-12(14(17)15(16)20)23-7-5-10(9-23)24-2/h3-4,10-12,16,22H,5-9H2,1-2H3/b13-4+,21-3-. The highest BCUT2D eigenvalue weighted by Gasteiger charge is 2.42. The van der Waals surface area contributed by atoms with Crippen molar-refractivity contribution in [3.63, 3.8) is 0 Å². The summed E-state index contributed by atoms with van der Waals surface area (Å²) in [5.41, 5.74) is 0. The third-order valence-corrected chi connectivity index (χ3v) is 5.84. The maximum atomic E-state index is 14.7. The molecule has 4 atom stereocenters. The van der Waals surface area contributed by atoms with Crippen LogP contribution in [0, 0.1) is 0 Å². The summed E-state index contributed by atoms with van der Waals surface area (Å²) >= 11 is 7.03. The first-order valence-electron chi connectivity index (χ1n) is 8.14. The molecule has 0 saturated carbocycles. The maximum Gasteiger partial charge on any atom is 0.134 e. The van der Waals surface area contributed by atoms with E-state index in [0.717, 1.165) is 18.4 Å². The Morgan fingerprint density at radius 1 is 1.56 bits per heavy atom. The number of ether oxygens (including phenoxy) is 1. The molecule has 0 amide bonds. The third-order valence-electron chi connectivity index (χ3n) is 4.33. The third kappa shape index (κ3) is 5.15. The average Bonchev–Trinajstić information content (AvgIpc) is 3.07. The zero-order valence-corrected chi connectivity index (χ0v) is 15.8. The summed E-state index contributed by atoms with van der Waals surface area (Å²) < 4.78 is 49.7. The lowest BCUT2D eigenvalue weighted by Crippen LogP contribution is -2.43. The van der Waals surface area contributed by atoms with Gasteiger partial charge in [-0.1, -0.05) is 11.6 Å². The smallest absolute Gasteiger partial charge is 0.134 e. The van der Waals surface area contributed by atoms with Crippen LogP contribution in [0.1, 0.15) is 19.8 Å². The largest absolute Gasteiger partial charge is 0.380 e. The second kappa shape index (κ2) is 9.85. The molecule has 2 aliphatic rings. The number of hydrogen-bond acceptors (Lipinski definition) is 5. The Labute approximate surface area is 155 Å². The molecule has 1 aliphatic heterocycles. The van der Waals surface area contributed by atoms with Gasteiger partial charge in [-0.3, -0.25) is 4.90 Å². The summed E-state index contributed by atoms with van der Waals surface area (Å²) in [5.74, 6) is -0.459. The summed E-state index contributed by atoms with van der Waals surface area (Å²) in [6.45, 7) is 2.26. The Balaban J connectivity index is 2.06. The average molecular weight is 398 g/mol. The van der Waals surface area contributed by atoms with Crippen molar-refractivity contribution in [1.82, 2.24) is 9.62 Å². The van der Waals surface area contributed by atoms with Crippen LogP contribution in [-0.2, 0) is 4.74 Å². The number of halogens is 4. The van der Waals surface area contributed by atoms with Crippen LogP contribution in [0.15, 0.2) is 27.7 Å². The topological polar surface area (TPSA) is 36.9 Å². The molecule has 0 bridgehead atoms. The van der Waals surface area contributed by atoms with Gasteiger partial charge in [-0.15, -0.1) is 0 Å². The lowest BCUT2D eigenvalue weighted by Gasteiger charge is -2.35. The molecule has 0 radical (unpaired) electrons. The highest BCUT2D eigenvalue weighted by Crippen LogP contribution is 2.40. The molecule has 1 saturated heterocycles. The van der Waals surface area contributed by atoms with Crippen molar-refractivity contribution in [2.45, 2.75) is 43.3 Å². The van der Waals surface area contributed by atoms with Gasteiger partial charge in [0.1, 0.15) is 29.7 Å². The van der Waals surface area contributed by atoms with Crippen LogP contribution in [0.5, 0.6) is 0 Å². The van der Waals surface area contributed by atoms with Crippen molar-refractivity contribution in [3.8, 4) is 0 Å². The second-order valence-electron chi connectivity index (χ2n) is 5.88. The van der Waals surface area contributed by atoms with E-state index < -0.39 is 30.0 Å². The Morgan fingerprint density at radius 2 is 2.32 bits per heavy atom. The van der Waals surface area contributed by atoms with Crippen LogP contribution >= 0.6 is 23.5 Å². The number of nitrogens with zero attached hydrogens (tertiary/aromatic N) is 2. The highest BCUT2D eigenvalue weighted by atomic mass is 35.5. The quantitative estimate of drug-likeness (QED) is 0.524. The predicted molar refractivity (Wildman–Crippen MR) is 97.0 cm³/mol. The van der Waals surface area contributed by atoms with Crippen molar-refractivity contribution in [1.29, 1.82) is 0 Å². The molecule has 1 N–H and O–H groups in total. The summed E-state index contributed by atoms with van der Waals surface area (Å²) in [6.07, 6.45) is 2.26. The Kier molecular flexibility index (Phi) is 8.12. The van der Waals surface area contributed by atoms with Gasteiger partial charge >= 0.3 is 0 Å². The number of alkyl halides is 2. The zero-order chi connectivity index (χ0) is 18.4. The van der Waals surface area contributed by atoms with Gasteiger partial charge in [-0.2, -0.15) is 0 Å². The van der Waals surface area contributed by atoms with E-state index in [0.29, 0.717) is 13.1 Å². The second-order valence-corrected chi connectivity index (χ2v) is 7.23. The Morgan fingerprint density at radius 3 is 2.92 bits per heavy atom. The Hall–Kier alpha value is -0.700. The summed E-state index contributed by atoms with van der Waals surface area (Å²) in [7, 11) is 1.63. The van der Waals surface area contributed by atoms with E-state index in [1.54, 1.807) is 14.0 Å². The number of allylic oxidation sites excluding steroid dienone is 1. The lowest BCUT2D eigenvalue weighted by molar-refractivity contribution is 0.0986. The van der Waals surface area contributed by atoms with Gasteiger partial charge in [0.15, 0.2) is 0 Å². The fraction of sp³-hybridized carbons (Fsp3) is 0.688. The van der Waals surface area contributed by atoms with E-state index in [1.807, 2.05) is 4.90 Å². The minimum atomic E-state index is -1.41. The van der Waals surface area contributed by atoms with Gasteiger partial charge in [0.2, 0.25) is 0 Å². The molecular weight excluding hydrogens is 375 g/mol. The molecule has 4 unspecified atom stereocenters. The minimum absolute atomic E-state index is 0.0416. The van der Waals surface area contributed by atoms with Crippen molar-refractivity contribution < 1.29 is 17.9 Å². The van der Waals surface area contributed by atoms with E-state index in [-0.39, 0.29) is 23.4 Å². The van der Waals surface area contributed by atoms with E-state index in [9.17, 15) is 13.2 Å². The maximum absolute atomic E-state index is 14.7. The number of hydrogen-bond donors (Lipinski definition) is 1. The first kappa shape index (κ1) is 20.6. The van der Waals surface area contributed by atoms with Crippen LogP contribution in [-0.4, -0.2) is 61.6 Å². The molecule has 1 fully saturated rings. The van der Waals surface area contributed by atoms with Crippen molar-refractivity contribution in [2.75, 3.05) is 26.9 Å². The predicted octanol–water partition coefficient (Wildman–Crippen LogP) is 3.75. The number of methoxy groups -OCH3 is 1. The number of aliphatic imine (C=N–C) groups is 1. The van der Waals surface area contributed by atoms with Gasteiger partial charge in [0.25, 0.3) is 0 Å². The first-order valence-corrected chi connectivity index (χ1v) is 9.40. The van der Waals surface area contributed by atoms with Crippen molar-refractivity contribution in [2.24, 2.45) is 4.99 Å². The van der Waals surface area contributed by atoms with Gasteiger partial charge in [-0.05, 0) is 31.4 Å². The lowest BCUT2D eigenvalue weighted by atomic mass is 9.98. The van der Waals surface area contributed by atoms with Gasteiger partial charge in [0, 0.05) is 32.8 Å². The molecule has 0 aromatic rings. The van der Waals surface area contributed by atoms with E-state index in [1.165, 1.54) is 12.3 Å². The molecule has 9 heteroatoms. The van der Waals surface area contributed by atoms with Gasteiger partial charge in [-0.25, -0.2) is 18.2 Å². The molecule has 0 aromatic carbocycles. The molecule has 25 heavy (non-hydrogen) atoms. The molecule has 1 heterocycles. The van der Waals surface area contributed by atoms with Crippen LogP contribution in [0.4, 0.5) is 13.2 Å². The summed E-state index contributed by atoms with van der Waals surface area (Å²) in [4.78, 5) is 5.88. The molecule has 4 nitrogen and oxygen atoms in total. The molecule has 1 aliphatic carbocycles. The number of likely N-dealkylation sites (tertiary alicyclic amines) is 1. The molecular formula is C16H23ClF3N3OS. The van der Waals surface area contributed by atoms with E-state index in [2.05, 4.69) is 9.71 Å². The number of rotatable bonds is 7. The van der Waals surface area contributed by atoms with Crippen molar-refractivity contribution in [3.05, 3.63) is 22.8 Å². The monoisotopic (exact) mass is 397 g/mol. The minimum Gasteiger partial charge on any atom is -0.380 e. The fourth-order valence-electron chi connectivity index (χ4n) is 3.02. The van der Waals surface area contributed by atoms with E-state index >= 15 is 0 Å². The molecule has 0 aromatic heterocycles. The molecule has 142 valence electrons. The van der Waals surface area contributed by atoms with E-state index in [4.69, 9.17) is 16.3 Å². The molecule has 0 spiro atoms. The zero-order valence-electron chi connectivity index (χ0n) is 14.2. The highest BCUT2D eigenvalue weighted by molar-refractivity contribution is 7.98. The van der Waals surface area contributed by atoms with Crippen molar-refractivity contribution >= 4 is 29.8 Å². The number of nitrogens with one attached hydrogen (secondary N) is 1. The summed E-state index contributed by atoms with van der Waals surface area (Å²) in [5, 5.41) is -1.04. The summed E-state index contributed by atoms with van der Waals surface area (Å²) in [6, 6.07) is -0.469. The fourth-order valence-corrected chi connectivity index (χ4v) is 4.30. The van der Waals surface area contributed by atoms with Gasteiger partial charge < -0.3 is 9.46 Å². The van der Waals surface area contributed by atoms with Crippen LogP contribution in [0.2, 0.25) is 0 Å². The van der Waals surface area contributed by atoms with Crippen LogP contribution in [0.25, 0.3) is 0 Å². The first-order chi connectivity index (χ1) is 12.0. The van der Waals surface area contributed by atoms with Crippen LogP contribution in [0.3, 0.4) is 0 Å². The Bertz CT molecular complexity index is 547. The van der Waals surface area contributed by atoms with Gasteiger partial charge in [0.05, 0.1) is 17.2 Å². The SMILES string of the molecule is C/C=N\C(=C/CF)NSC1C(F)=C(Cl)C(N2CCC(OC)C2)CC1F. The van der Waals surface area contributed by atoms with Crippen LogP contribution < -0.4 is 4.72 Å². The normalized spacial score (nSPS) is 32.0. The molecule has 2 rings (SSSR count).